The lowest BCUT2D eigenvalue weighted by molar-refractivity contribution is 0.669. The van der Waals surface area contributed by atoms with E-state index in [1.165, 1.54) is 16.3 Å². The fourth-order valence-electron chi connectivity index (χ4n) is 7.96. The maximum absolute atomic E-state index is 6.21. The normalized spacial score (nSPS) is 11.6. The molecule has 56 heavy (non-hydrogen) atoms. The summed E-state index contributed by atoms with van der Waals surface area (Å²) >= 11 is 0. The van der Waals surface area contributed by atoms with Crippen molar-refractivity contribution in [2.45, 2.75) is 0 Å². The van der Waals surface area contributed by atoms with E-state index in [1.54, 1.807) is 0 Å². The number of benzene rings is 8. The monoisotopic (exact) mass is 716 g/mol. The van der Waals surface area contributed by atoms with Gasteiger partial charge in [0.15, 0.2) is 17.5 Å². The number of hydrogen-bond acceptors (Lipinski definition) is 4. The molecule has 0 saturated carbocycles. The summed E-state index contributed by atoms with van der Waals surface area (Å²) in [5.41, 5.74) is 12.1. The van der Waals surface area contributed by atoms with Crippen LogP contribution in [0.15, 0.2) is 199 Å². The molecule has 11 rings (SSSR count). The first-order valence-electron chi connectivity index (χ1n) is 18.8. The molecule has 5 nitrogen and oxygen atoms in total. The Kier molecular flexibility index (Phi) is 7.42. The molecule has 3 heterocycles. The van der Waals surface area contributed by atoms with Crippen LogP contribution in [-0.4, -0.2) is 19.5 Å². The van der Waals surface area contributed by atoms with E-state index in [0.717, 1.165) is 72.0 Å². The Bertz CT molecular complexity index is 3180. The van der Waals surface area contributed by atoms with Gasteiger partial charge in [-0.3, -0.25) is 0 Å². The van der Waals surface area contributed by atoms with Gasteiger partial charge in [-0.05, 0) is 64.7 Å². The molecule has 0 aliphatic carbocycles. The highest BCUT2D eigenvalue weighted by Gasteiger charge is 2.21. The molecule has 0 bridgehead atoms. The molecule has 0 fully saturated rings. The van der Waals surface area contributed by atoms with Crippen LogP contribution in [0.25, 0.3) is 106 Å². The lowest BCUT2D eigenvalue weighted by atomic mass is 9.99. The van der Waals surface area contributed by atoms with E-state index in [1.807, 2.05) is 72.8 Å². The lowest BCUT2D eigenvalue weighted by Crippen LogP contribution is -2.04. The molecule has 8 aromatic carbocycles. The zero-order valence-corrected chi connectivity index (χ0v) is 30.2. The van der Waals surface area contributed by atoms with Gasteiger partial charge in [-0.15, -0.1) is 0 Å². The fourth-order valence-corrected chi connectivity index (χ4v) is 7.96. The van der Waals surface area contributed by atoms with Crippen molar-refractivity contribution in [3.8, 4) is 62.1 Å². The second-order valence-electron chi connectivity index (χ2n) is 14.0. The summed E-state index contributed by atoms with van der Waals surface area (Å²) in [6.07, 6.45) is 0. The van der Waals surface area contributed by atoms with Gasteiger partial charge in [0.2, 0.25) is 0 Å². The molecule has 0 atom stereocenters. The van der Waals surface area contributed by atoms with E-state index >= 15 is 0 Å². The van der Waals surface area contributed by atoms with Crippen LogP contribution in [0.2, 0.25) is 0 Å². The maximum Gasteiger partial charge on any atom is 0.166 e. The van der Waals surface area contributed by atoms with Crippen LogP contribution in [0.4, 0.5) is 0 Å². The minimum absolute atomic E-state index is 0.592. The maximum atomic E-state index is 6.21. The Morgan fingerprint density at radius 3 is 1.57 bits per heavy atom. The number of para-hydroxylation sites is 2. The van der Waals surface area contributed by atoms with Crippen LogP contribution in [0.1, 0.15) is 0 Å². The van der Waals surface area contributed by atoms with Crippen LogP contribution < -0.4 is 0 Å². The third-order valence-corrected chi connectivity index (χ3v) is 10.7. The number of fused-ring (bicyclic) bond motifs is 6. The molecule has 5 heteroatoms. The van der Waals surface area contributed by atoms with E-state index in [9.17, 15) is 0 Å². The quantitative estimate of drug-likeness (QED) is 0.172. The molecule has 0 radical (unpaired) electrons. The molecule has 11 aromatic rings. The SMILES string of the molecule is c1ccc(-c2ccc3c4ccccc4n(-c4ccc(-c5ccc6oc7ccccc7c6c5)cc4-c4nc(-c5ccccc5)nc(-c5ccccc5)n4)c3c2)cc1. The van der Waals surface area contributed by atoms with Crippen LogP contribution in [0.3, 0.4) is 0 Å². The summed E-state index contributed by atoms with van der Waals surface area (Å²) < 4.78 is 8.58. The van der Waals surface area contributed by atoms with Gasteiger partial charge in [-0.25, -0.2) is 15.0 Å². The highest BCUT2D eigenvalue weighted by molar-refractivity contribution is 6.11. The van der Waals surface area contributed by atoms with Gasteiger partial charge in [-0.1, -0.05) is 152 Å². The molecule has 0 N–H and O–H groups in total. The van der Waals surface area contributed by atoms with Gasteiger partial charge in [-0.2, -0.15) is 0 Å². The Morgan fingerprint density at radius 2 is 0.839 bits per heavy atom. The van der Waals surface area contributed by atoms with Crippen molar-refractivity contribution in [2.24, 2.45) is 0 Å². The van der Waals surface area contributed by atoms with Crippen molar-refractivity contribution in [3.63, 3.8) is 0 Å². The summed E-state index contributed by atoms with van der Waals surface area (Å²) in [5.74, 6) is 1.82. The number of hydrogen-bond donors (Lipinski definition) is 0. The first-order valence-corrected chi connectivity index (χ1v) is 18.8. The zero-order chi connectivity index (χ0) is 37.0. The molecule has 262 valence electrons. The van der Waals surface area contributed by atoms with E-state index in [2.05, 4.69) is 126 Å². The summed E-state index contributed by atoms with van der Waals surface area (Å²) in [5, 5.41) is 4.54. The minimum atomic E-state index is 0.592. The predicted molar refractivity (Wildman–Crippen MR) is 229 cm³/mol. The topological polar surface area (TPSA) is 56.7 Å². The van der Waals surface area contributed by atoms with Gasteiger partial charge >= 0.3 is 0 Å². The average Bonchev–Trinajstić information content (AvgIpc) is 3.82. The van der Waals surface area contributed by atoms with Crippen molar-refractivity contribution in [2.75, 3.05) is 0 Å². The second-order valence-corrected chi connectivity index (χ2v) is 14.0. The van der Waals surface area contributed by atoms with Crippen LogP contribution in [0.5, 0.6) is 0 Å². The van der Waals surface area contributed by atoms with Crippen molar-refractivity contribution < 1.29 is 4.42 Å². The molecular formula is C51H32N4O. The molecule has 0 spiro atoms. The third-order valence-electron chi connectivity index (χ3n) is 10.7. The summed E-state index contributed by atoms with van der Waals surface area (Å²) in [7, 11) is 0. The standard InChI is InChI=1S/C51H32N4O/c1-4-14-33(15-5-1)38-24-27-40-39-20-10-12-22-44(39)55(46(40)32-38)45-28-25-36(37-26-29-48-42(30-37)41-21-11-13-23-47(41)56-48)31-43(45)51-53-49(34-16-6-2-7-17-34)52-50(54-51)35-18-8-3-9-19-35/h1-32H. The predicted octanol–water partition coefficient (Wildman–Crippen LogP) is 13.2. The van der Waals surface area contributed by atoms with Crippen molar-refractivity contribution in [1.82, 2.24) is 19.5 Å². The van der Waals surface area contributed by atoms with E-state index in [4.69, 9.17) is 19.4 Å². The summed E-state index contributed by atoms with van der Waals surface area (Å²) in [4.78, 5) is 15.6. The molecule has 0 aliphatic heterocycles. The number of rotatable bonds is 6. The smallest absolute Gasteiger partial charge is 0.166 e. The molecule has 0 aliphatic rings. The molecule has 0 unspecified atom stereocenters. The lowest BCUT2D eigenvalue weighted by Gasteiger charge is -2.16. The van der Waals surface area contributed by atoms with E-state index in [-0.39, 0.29) is 0 Å². The van der Waals surface area contributed by atoms with Crippen LogP contribution >= 0.6 is 0 Å². The van der Waals surface area contributed by atoms with Gasteiger partial charge in [0, 0.05) is 38.2 Å². The molecular weight excluding hydrogens is 685 g/mol. The Balaban J connectivity index is 1.21. The number of furan rings is 1. The number of aromatic nitrogens is 4. The van der Waals surface area contributed by atoms with Crippen LogP contribution in [0, 0.1) is 0 Å². The zero-order valence-electron chi connectivity index (χ0n) is 30.2. The molecule has 3 aromatic heterocycles. The van der Waals surface area contributed by atoms with Crippen LogP contribution in [-0.2, 0) is 0 Å². The number of nitrogens with zero attached hydrogens (tertiary/aromatic N) is 4. The Morgan fingerprint density at radius 1 is 0.321 bits per heavy atom. The Labute approximate surface area is 322 Å². The largest absolute Gasteiger partial charge is 0.456 e. The van der Waals surface area contributed by atoms with Crippen molar-refractivity contribution >= 4 is 43.7 Å². The summed E-state index contributed by atoms with van der Waals surface area (Å²) in [6.45, 7) is 0. The molecule has 0 amide bonds. The van der Waals surface area contributed by atoms with Crippen molar-refractivity contribution in [3.05, 3.63) is 194 Å². The second kappa shape index (κ2) is 13.0. The van der Waals surface area contributed by atoms with Gasteiger partial charge in [0.25, 0.3) is 0 Å². The molecule has 0 saturated heterocycles. The van der Waals surface area contributed by atoms with E-state index < -0.39 is 0 Å². The van der Waals surface area contributed by atoms with Gasteiger partial charge < -0.3 is 8.98 Å². The van der Waals surface area contributed by atoms with Crippen molar-refractivity contribution in [1.29, 1.82) is 0 Å². The highest BCUT2D eigenvalue weighted by atomic mass is 16.3. The van der Waals surface area contributed by atoms with Gasteiger partial charge in [0.05, 0.1) is 16.7 Å². The third kappa shape index (κ3) is 5.37. The Hall–Kier alpha value is -7.63. The summed E-state index contributed by atoms with van der Waals surface area (Å²) in [6, 6.07) is 67.6. The fraction of sp³-hybridized carbons (Fsp3) is 0. The van der Waals surface area contributed by atoms with E-state index in [0.29, 0.717) is 17.5 Å². The highest BCUT2D eigenvalue weighted by Crippen LogP contribution is 2.40. The first-order chi connectivity index (χ1) is 27.7. The average molecular weight is 717 g/mol. The minimum Gasteiger partial charge on any atom is -0.456 e. The first kappa shape index (κ1) is 31.9. The van der Waals surface area contributed by atoms with Gasteiger partial charge in [0.1, 0.15) is 11.2 Å².